The minimum Gasteiger partial charge on any atom is -0.497 e. The number of ether oxygens (including phenoxy) is 2. The van der Waals surface area contributed by atoms with Gasteiger partial charge in [-0.2, -0.15) is 0 Å². The lowest BCUT2D eigenvalue weighted by Gasteiger charge is -2.38. The van der Waals surface area contributed by atoms with Crippen LogP contribution in [0.1, 0.15) is 42.1 Å². The van der Waals surface area contributed by atoms with Crippen LogP contribution in [0.4, 0.5) is 0 Å². The van der Waals surface area contributed by atoms with Gasteiger partial charge in [0.1, 0.15) is 10.8 Å². The van der Waals surface area contributed by atoms with E-state index < -0.39 is 0 Å². The molecule has 0 spiro atoms. The molecule has 2 aromatic rings. The van der Waals surface area contributed by atoms with E-state index in [1.54, 1.807) is 18.4 Å². The molecule has 30 heavy (non-hydrogen) atoms. The Kier molecular flexibility index (Phi) is 10.3. The molecule has 1 saturated heterocycles. The van der Waals surface area contributed by atoms with Crippen LogP contribution in [-0.2, 0) is 23.1 Å². The maximum Gasteiger partial charge on any atom is 0.191 e. The lowest BCUT2D eigenvalue weighted by atomic mass is 9.74. The summed E-state index contributed by atoms with van der Waals surface area (Å²) in [5.41, 5.74) is 1.34. The molecule has 166 valence electrons. The molecule has 0 amide bonds. The van der Waals surface area contributed by atoms with Crippen LogP contribution in [0.15, 0.2) is 35.5 Å². The minimum atomic E-state index is 0. The summed E-state index contributed by atoms with van der Waals surface area (Å²) in [4.78, 5) is 10.5. The molecule has 1 aromatic carbocycles. The third-order valence-corrected chi connectivity index (χ3v) is 6.54. The highest BCUT2D eigenvalue weighted by molar-refractivity contribution is 14.0. The quantitative estimate of drug-likeness (QED) is 0.297. The number of nitrogens with zero attached hydrogens (tertiary/aromatic N) is 2. The zero-order valence-electron chi connectivity index (χ0n) is 18.1. The molecule has 3 rings (SSSR count). The summed E-state index contributed by atoms with van der Waals surface area (Å²) in [5.74, 6) is 1.72. The van der Waals surface area contributed by atoms with Gasteiger partial charge in [-0.25, -0.2) is 9.98 Å². The van der Waals surface area contributed by atoms with Gasteiger partial charge >= 0.3 is 0 Å². The molecule has 0 aliphatic carbocycles. The van der Waals surface area contributed by atoms with Crippen LogP contribution in [0.2, 0.25) is 0 Å². The van der Waals surface area contributed by atoms with Gasteiger partial charge in [0.2, 0.25) is 0 Å². The average Bonchev–Trinajstić information content (AvgIpc) is 3.24. The van der Waals surface area contributed by atoms with Gasteiger partial charge in [0, 0.05) is 42.8 Å². The van der Waals surface area contributed by atoms with E-state index in [1.807, 2.05) is 18.3 Å². The summed E-state index contributed by atoms with van der Waals surface area (Å²) in [7, 11) is 1.70. The molecule has 0 bridgehead atoms. The van der Waals surface area contributed by atoms with Gasteiger partial charge in [-0.15, -0.1) is 35.3 Å². The molecule has 2 N–H and O–H groups in total. The SMILES string of the molecule is CCNC(=NCc1ncc(CC)s1)NCC1(c2ccc(OC)cc2)CCOCC1.I. The lowest BCUT2D eigenvalue weighted by molar-refractivity contribution is 0.0513. The average molecular weight is 545 g/mol. The lowest BCUT2D eigenvalue weighted by Crippen LogP contribution is -2.48. The standard InChI is InChI=1S/C22H32N4O2S.HI/c1-4-19-14-24-20(29-19)15-25-21(23-5-2)26-16-22(10-12-28-13-11-22)17-6-8-18(27-3)9-7-17;/h6-9,14H,4-5,10-13,15-16H2,1-3H3,(H2,23,25,26);1H. The number of rotatable bonds is 8. The first-order valence-corrected chi connectivity index (χ1v) is 11.2. The molecule has 2 heterocycles. The van der Waals surface area contributed by atoms with Gasteiger partial charge in [-0.1, -0.05) is 19.1 Å². The summed E-state index contributed by atoms with van der Waals surface area (Å²) >= 11 is 1.74. The van der Waals surface area contributed by atoms with Crippen molar-refractivity contribution in [3.63, 3.8) is 0 Å². The van der Waals surface area contributed by atoms with E-state index in [9.17, 15) is 0 Å². The van der Waals surface area contributed by atoms with Gasteiger partial charge in [0.05, 0.1) is 13.7 Å². The van der Waals surface area contributed by atoms with Crippen molar-refractivity contribution in [1.29, 1.82) is 0 Å². The van der Waals surface area contributed by atoms with E-state index in [4.69, 9.17) is 14.5 Å². The van der Waals surface area contributed by atoms with Crippen LogP contribution in [0.5, 0.6) is 5.75 Å². The van der Waals surface area contributed by atoms with Gasteiger partial charge in [0.25, 0.3) is 0 Å². The van der Waals surface area contributed by atoms with Crippen LogP contribution in [0.25, 0.3) is 0 Å². The van der Waals surface area contributed by atoms with Crippen molar-refractivity contribution in [2.45, 2.75) is 45.1 Å². The number of halogens is 1. The topological polar surface area (TPSA) is 67.8 Å². The Morgan fingerprint density at radius 3 is 2.53 bits per heavy atom. The second kappa shape index (κ2) is 12.5. The monoisotopic (exact) mass is 544 g/mol. The van der Waals surface area contributed by atoms with E-state index in [0.717, 1.165) is 62.3 Å². The predicted octanol–water partition coefficient (Wildman–Crippen LogP) is 4.14. The van der Waals surface area contributed by atoms with Gasteiger partial charge in [0.15, 0.2) is 5.96 Å². The second-order valence-electron chi connectivity index (χ2n) is 7.24. The number of hydrogen-bond donors (Lipinski definition) is 2. The first-order valence-electron chi connectivity index (χ1n) is 10.4. The predicted molar refractivity (Wildman–Crippen MR) is 134 cm³/mol. The number of thiazole rings is 1. The van der Waals surface area contributed by atoms with E-state index in [1.165, 1.54) is 10.4 Å². The van der Waals surface area contributed by atoms with Crippen molar-refractivity contribution in [3.05, 3.63) is 45.9 Å². The maximum atomic E-state index is 5.66. The molecule has 8 heteroatoms. The number of aryl methyl sites for hydroxylation is 1. The zero-order valence-corrected chi connectivity index (χ0v) is 21.2. The molecule has 0 saturated carbocycles. The Morgan fingerprint density at radius 2 is 1.93 bits per heavy atom. The Labute approximate surface area is 200 Å². The van der Waals surface area contributed by atoms with Crippen LogP contribution in [-0.4, -0.2) is 44.4 Å². The van der Waals surface area contributed by atoms with Gasteiger partial charge in [-0.05, 0) is 43.9 Å². The van der Waals surface area contributed by atoms with Crippen molar-refractivity contribution >= 4 is 41.3 Å². The normalized spacial score (nSPS) is 15.9. The number of guanidine groups is 1. The fourth-order valence-corrected chi connectivity index (χ4v) is 4.39. The van der Waals surface area contributed by atoms with Crippen molar-refractivity contribution < 1.29 is 9.47 Å². The molecule has 0 unspecified atom stereocenters. The van der Waals surface area contributed by atoms with Crippen molar-refractivity contribution in [3.8, 4) is 5.75 Å². The Morgan fingerprint density at radius 1 is 1.20 bits per heavy atom. The van der Waals surface area contributed by atoms with E-state index in [0.29, 0.717) is 6.54 Å². The highest BCUT2D eigenvalue weighted by Gasteiger charge is 2.34. The molecule has 1 fully saturated rings. The summed E-state index contributed by atoms with van der Waals surface area (Å²) in [6.45, 7) is 8.02. The highest BCUT2D eigenvalue weighted by atomic mass is 127. The van der Waals surface area contributed by atoms with Crippen molar-refractivity contribution in [2.24, 2.45) is 4.99 Å². The van der Waals surface area contributed by atoms with Gasteiger partial charge < -0.3 is 20.1 Å². The Bertz CT molecular complexity index is 789. The first-order chi connectivity index (χ1) is 14.2. The van der Waals surface area contributed by atoms with Crippen LogP contribution >= 0.6 is 35.3 Å². The summed E-state index contributed by atoms with van der Waals surface area (Å²) < 4.78 is 11.0. The summed E-state index contributed by atoms with van der Waals surface area (Å²) in [5, 5.41) is 7.99. The number of nitrogens with one attached hydrogen (secondary N) is 2. The summed E-state index contributed by atoms with van der Waals surface area (Å²) in [6, 6.07) is 8.44. The fraction of sp³-hybridized carbons (Fsp3) is 0.545. The molecular formula is C22H33IN4O2S. The number of aliphatic imine (C=N–C) groups is 1. The second-order valence-corrected chi connectivity index (χ2v) is 8.44. The number of aromatic nitrogens is 1. The van der Waals surface area contributed by atoms with Crippen molar-refractivity contribution in [1.82, 2.24) is 15.6 Å². The molecule has 1 aliphatic heterocycles. The number of benzene rings is 1. The third-order valence-electron chi connectivity index (χ3n) is 5.41. The van der Waals surface area contributed by atoms with E-state index >= 15 is 0 Å². The Balaban J connectivity index is 0.00000320. The zero-order chi connectivity index (χ0) is 20.5. The Hall–Kier alpha value is -1.39. The fourth-order valence-electron chi connectivity index (χ4n) is 3.60. The van der Waals surface area contributed by atoms with Crippen LogP contribution in [0.3, 0.4) is 0 Å². The summed E-state index contributed by atoms with van der Waals surface area (Å²) in [6.07, 6.45) is 4.94. The highest BCUT2D eigenvalue weighted by Crippen LogP contribution is 2.35. The molecular weight excluding hydrogens is 511 g/mol. The number of hydrogen-bond acceptors (Lipinski definition) is 5. The van der Waals surface area contributed by atoms with Crippen LogP contribution < -0.4 is 15.4 Å². The molecule has 0 radical (unpaired) electrons. The minimum absolute atomic E-state index is 0. The molecule has 6 nitrogen and oxygen atoms in total. The first kappa shape index (κ1) is 24.9. The third kappa shape index (κ3) is 6.55. The van der Waals surface area contributed by atoms with Crippen molar-refractivity contribution in [2.75, 3.05) is 33.4 Å². The number of methoxy groups -OCH3 is 1. The molecule has 1 aromatic heterocycles. The maximum absolute atomic E-state index is 5.66. The molecule has 0 atom stereocenters. The van der Waals surface area contributed by atoms with E-state index in [-0.39, 0.29) is 29.4 Å². The smallest absolute Gasteiger partial charge is 0.191 e. The van der Waals surface area contributed by atoms with Gasteiger partial charge in [-0.3, -0.25) is 0 Å². The molecule has 1 aliphatic rings. The van der Waals surface area contributed by atoms with Crippen LogP contribution in [0, 0.1) is 0 Å². The largest absolute Gasteiger partial charge is 0.497 e. The van der Waals surface area contributed by atoms with E-state index in [2.05, 4.69) is 41.6 Å².